The molecule has 2 atom stereocenters. The first-order chi connectivity index (χ1) is 11.2. The fourth-order valence-corrected chi connectivity index (χ4v) is 2.77. The van der Waals surface area contributed by atoms with E-state index in [9.17, 15) is 9.59 Å². The van der Waals surface area contributed by atoms with Crippen molar-refractivity contribution in [3.05, 3.63) is 54.5 Å². The van der Waals surface area contributed by atoms with Gasteiger partial charge in [0.25, 0.3) is 5.91 Å². The predicted octanol–water partition coefficient (Wildman–Crippen LogP) is 1.69. The summed E-state index contributed by atoms with van der Waals surface area (Å²) in [5.41, 5.74) is 0.430. The van der Waals surface area contributed by atoms with Crippen molar-refractivity contribution < 1.29 is 18.7 Å². The Hall–Kier alpha value is -2.76. The first kappa shape index (κ1) is 15.1. The van der Waals surface area contributed by atoms with Crippen molar-refractivity contribution in [1.82, 2.24) is 10.2 Å². The van der Waals surface area contributed by atoms with Gasteiger partial charge in [-0.3, -0.25) is 9.59 Å². The van der Waals surface area contributed by atoms with Crippen molar-refractivity contribution in [1.29, 1.82) is 0 Å². The number of likely N-dealkylation sites (N-methyl/N-ethyl adjacent to an activating group) is 1. The third-order valence-corrected chi connectivity index (χ3v) is 3.89. The van der Waals surface area contributed by atoms with Crippen molar-refractivity contribution in [3.63, 3.8) is 0 Å². The number of carbonyl (C=O) groups is 2. The van der Waals surface area contributed by atoms with Gasteiger partial charge in [0.1, 0.15) is 24.2 Å². The molecular weight excluding hydrogens is 296 g/mol. The topological polar surface area (TPSA) is 71.8 Å². The molecular formula is C17H18N2O4. The van der Waals surface area contributed by atoms with E-state index >= 15 is 0 Å². The Balaban J connectivity index is 1.77. The van der Waals surface area contributed by atoms with Gasteiger partial charge in [-0.1, -0.05) is 18.2 Å². The van der Waals surface area contributed by atoms with E-state index in [0.717, 1.165) is 5.75 Å². The van der Waals surface area contributed by atoms with Crippen LogP contribution in [-0.2, 0) is 4.79 Å². The Morgan fingerprint density at radius 1 is 1.26 bits per heavy atom. The molecule has 2 heterocycles. The zero-order valence-electron chi connectivity index (χ0n) is 12.8. The highest BCUT2D eigenvalue weighted by molar-refractivity contribution is 5.97. The van der Waals surface area contributed by atoms with Gasteiger partial charge in [-0.05, 0) is 18.2 Å². The summed E-state index contributed by atoms with van der Waals surface area (Å²) >= 11 is 0. The molecule has 0 radical (unpaired) electrons. The standard InChI is InChI=1S/C17H18N2O4/c1-18-16(20)15-9-14(23-13-5-3-2-4-6-13)10-19(15)17(21)12-7-8-22-11-12/h2-8,11,14-15H,9-10H2,1H3,(H,18,20)/t14-,15-/m0/s1. The summed E-state index contributed by atoms with van der Waals surface area (Å²) in [5.74, 6) is 0.304. The first-order valence-electron chi connectivity index (χ1n) is 7.45. The molecule has 2 aromatic rings. The van der Waals surface area contributed by atoms with Crippen LogP contribution >= 0.6 is 0 Å². The number of nitrogens with zero attached hydrogens (tertiary/aromatic N) is 1. The van der Waals surface area contributed by atoms with Crippen molar-refractivity contribution >= 4 is 11.8 Å². The third-order valence-electron chi connectivity index (χ3n) is 3.89. The minimum Gasteiger partial charge on any atom is -0.488 e. The van der Waals surface area contributed by atoms with Gasteiger partial charge in [-0.25, -0.2) is 0 Å². The highest BCUT2D eigenvalue weighted by atomic mass is 16.5. The van der Waals surface area contributed by atoms with E-state index in [4.69, 9.17) is 9.15 Å². The molecule has 1 fully saturated rings. The SMILES string of the molecule is CNC(=O)[C@@H]1C[C@H](Oc2ccccc2)CN1C(=O)c1ccoc1. The molecule has 6 heteroatoms. The quantitative estimate of drug-likeness (QED) is 0.932. The lowest BCUT2D eigenvalue weighted by atomic mass is 10.1. The molecule has 1 aliphatic heterocycles. The van der Waals surface area contributed by atoms with Crippen LogP contribution in [-0.4, -0.2) is 42.5 Å². The minimum absolute atomic E-state index is 0.194. The lowest BCUT2D eigenvalue weighted by Gasteiger charge is -2.22. The monoisotopic (exact) mass is 314 g/mol. The summed E-state index contributed by atoms with van der Waals surface area (Å²) in [6.45, 7) is 0.358. The number of likely N-dealkylation sites (tertiary alicyclic amines) is 1. The summed E-state index contributed by atoms with van der Waals surface area (Å²) in [6, 6.07) is 10.4. The highest BCUT2D eigenvalue weighted by Gasteiger charge is 2.40. The summed E-state index contributed by atoms with van der Waals surface area (Å²) in [6.07, 6.45) is 3.05. The predicted molar refractivity (Wildman–Crippen MR) is 83.1 cm³/mol. The number of amides is 2. The van der Waals surface area contributed by atoms with Crippen molar-refractivity contribution in [2.75, 3.05) is 13.6 Å². The molecule has 1 aromatic heterocycles. The molecule has 1 aliphatic rings. The first-order valence-corrected chi connectivity index (χ1v) is 7.45. The summed E-state index contributed by atoms with van der Waals surface area (Å²) in [5, 5.41) is 2.61. The zero-order valence-corrected chi connectivity index (χ0v) is 12.8. The molecule has 0 bridgehead atoms. The largest absolute Gasteiger partial charge is 0.488 e. The van der Waals surface area contributed by atoms with E-state index in [2.05, 4.69) is 5.32 Å². The van der Waals surface area contributed by atoms with Crippen LogP contribution < -0.4 is 10.1 Å². The third kappa shape index (κ3) is 3.21. The summed E-state index contributed by atoms with van der Waals surface area (Å²) in [4.78, 5) is 26.2. The fourth-order valence-electron chi connectivity index (χ4n) is 2.77. The van der Waals surface area contributed by atoms with Gasteiger partial charge in [0.15, 0.2) is 0 Å². The Morgan fingerprint density at radius 3 is 2.70 bits per heavy atom. The van der Waals surface area contributed by atoms with Crippen LogP contribution in [0.2, 0.25) is 0 Å². The van der Waals surface area contributed by atoms with E-state index in [0.29, 0.717) is 18.5 Å². The number of ether oxygens (including phenoxy) is 1. The molecule has 1 N–H and O–H groups in total. The van der Waals surface area contributed by atoms with Crippen LogP contribution in [0.3, 0.4) is 0 Å². The fraction of sp³-hybridized carbons (Fsp3) is 0.294. The van der Waals surface area contributed by atoms with E-state index in [1.807, 2.05) is 30.3 Å². The smallest absolute Gasteiger partial charge is 0.257 e. The molecule has 0 unspecified atom stereocenters. The molecule has 1 saturated heterocycles. The van der Waals surface area contributed by atoms with Crippen LogP contribution in [0.4, 0.5) is 0 Å². The van der Waals surface area contributed by atoms with Gasteiger partial charge in [-0.15, -0.1) is 0 Å². The number of rotatable bonds is 4. The molecule has 2 amide bonds. The van der Waals surface area contributed by atoms with Crippen LogP contribution in [0.1, 0.15) is 16.8 Å². The van der Waals surface area contributed by atoms with Gasteiger partial charge >= 0.3 is 0 Å². The van der Waals surface area contributed by atoms with Gasteiger partial charge in [-0.2, -0.15) is 0 Å². The zero-order chi connectivity index (χ0) is 16.2. The Labute approximate surface area is 134 Å². The highest BCUT2D eigenvalue weighted by Crippen LogP contribution is 2.25. The molecule has 120 valence electrons. The van der Waals surface area contributed by atoms with Crippen LogP contribution in [0.15, 0.2) is 53.3 Å². The number of furan rings is 1. The molecule has 6 nitrogen and oxygen atoms in total. The average Bonchev–Trinajstić information content (AvgIpc) is 3.24. The van der Waals surface area contributed by atoms with E-state index in [-0.39, 0.29) is 17.9 Å². The number of hydrogen-bond donors (Lipinski definition) is 1. The van der Waals surface area contributed by atoms with E-state index < -0.39 is 6.04 Å². The van der Waals surface area contributed by atoms with Crippen LogP contribution in [0, 0.1) is 0 Å². The second-order valence-corrected chi connectivity index (χ2v) is 5.39. The molecule has 3 rings (SSSR count). The number of nitrogens with one attached hydrogen (secondary N) is 1. The van der Waals surface area contributed by atoms with E-state index in [1.165, 1.54) is 17.4 Å². The van der Waals surface area contributed by atoms with Gasteiger partial charge in [0.2, 0.25) is 5.91 Å². The Bertz CT molecular complexity index is 669. The second-order valence-electron chi connectivity index (χ2n) is 5.39. The summed E-state index contributed by atoms with van der Waals surface area (Å²) < 4.78 is 10.9. The molecule has 0 aliphatic carbocycles. The molecule has 0 saturated carbocycles. The number of benzene rings is 1. The molecule has 0 spiro atoms. The molecule has 1 aromatic carbocycles. The second kappa shape index (κ2) is 6.56. The maximum atomic E-state index is 12.6. The van der Waals surface area contributed by atoms with Crippen molar-refractivity contribution in [2.45, 2.75) is 18.6 Å². The normalized spacial score (nSPS) is 20.3. The van der Waals surface area contributed by atoms with Crippen molar-refractivity contribution in [3.8, 4) is 5.75 Å². The number of carbonyl (C=O) groups excluding carboxylic acids is 2. The maximum Gasteiger partial charge on any atom is 0.257 e. The lowest BCUT2D eigenvalue weighted by molar-refractivity contribution is -0.124. The lowest BCUT2D eigenvalue weighted by Crippen LogP contribution is -2.44. The van der Waals surface area contributed by atoms with E-state index in [1.54, 1.807) is 13.1 Å². The Morgan fingerprint density at radius 2 is 2.04 bits per heavy atom. The van der Waals surface area contributed by atoms with Gasteiger partial charge in [0.05, 0.1) is 18.4 Å². The maximum absolute atomic E-state index is 12.6. The summed E-state index contributed by atoms with van der Waals surface area (Å²) in [7, 11) is 1.56. The number of hydrogen-bond acceptors (Lipinski definition) is 4. The number of para-hydroxylation sites is 1. The van der Waals surface area contributed by atoms with Crippen LogP contribution in [0.5, 0.6) is 5.75 Å². The van der Waals surface area contributed by atoms with Crippen molar-refractivity contribution in [2.24, 2.45) is 0 Å². The minimum atomic E-state index is -0.545. The van der Waals surface area contributed by atoms with Crippen LogP contribution in [0.25, 0.3) is 0 Å². The average molecular weight is 314 g/mol. The van der Waals surface area contributed by atoms with Gasteiger partial charge in [0, 0.05) is 13.5 Å². The van der Waals surface area contributed by atoms with Gasteiger partial charge < -0.3 is 19.4 Å². The Kier molecular flexibility index (Phi) is 4.32. The molecule has 23 heavy (non-hydrogen) atoms.